The van der Waals surface area contributed by atoms with Crippen molar-refractivity contribution < 1.29 is 4.79 Å². The Kier molecular flexibility index (Phi) is 6.80. The summed E-state index contributed by atoms with van der Waals surface area (Å²) < 4.78 is 0. The Balaban J connectivity index is 2.38. The summed E-state index contributed by atoms with van der Waals surface area (Å²) in [6, 6.07) is 0.537. The fourth-order valence-electron chi connectivity index (χ4n) is 2.96. The molecule has 4 heteroatoms. The lowest BCUT2D eigenvalue weighted by molar-refractivity contribution is -0.131. The molecule has 4 nitrogen and oxygen atoms in total. The summed E-state index contributed by atoms with van der Waals surface area (Å²) in [5, 5.41) is 0. The molecule has 112 valence electrons. The molecule has 0 spiro atoms. The van der Waals surface area contributed by atoms with Crippen LogP contribution in [-0.4, -0.2) is 55.5 Å². The molecule has 2 N–H and O–H groups in total. The zero-order chi connectivity index (χ0) is 14.4. The van der Waals surface area contributed by atoms with Crippen LogP contribution in [0.1, 0.15) is 39.5 Å². The lowest BCUT2D eigenvalue weighted by Gasteiger charge is -2.27. The van der Waals surface area contributed by atoms with Crippen molar-refractivity contribution in [3.63, 3.8) is 0 Å². The number of likely N-dealkylation sites (tertiary alicyclic amines) is 1. The van der Waals surface area contributed by atoms with Crippen LogP contribution in [0.5, 0.6) is 0 Å². The van der Waals surface area contributed by atoms with Gasteiger partial charge < -0.3 is 15.5 Å². The fraction of sp³-hybridized carbons (Fsp3) is 0.933. The van der Waals surface area contributed by atoms with Crippen molar-refractivity contribution in [3.05, 3.63) is 0 Å². The highest BCUT2D eigenvalue weighted by Gasteiger charge is 2.24. The Morgan fingerprint density at radius 2 is 2.16 bits per heavy atom. The molecule has 1 fully saturated rings. The summed E-state index contributed by atoms with van der Waals surface area (Å²) >= 11 is 0. The Morgan fingerprint density at radius 1 is 1.47 bits per heavy atom. The molecule has 1 amide bonds. The number of hydrogen-bond donors (Lipinski definition) is 1. The summed E-state index contributed by atoms with van der Waals surface area (Å²) in [6.07, 6.45) is 4.10. The van der Waals surface area contributed by atoms with Crippen LogP contribution >= 0.6 is 0 Å². The van der Waals surface area contributed by atoms with E-state index < -0.39 is 0 Å². The summed E-state index contributed by atoms with van der Waals surface area (Å²) in [7, 11) is 4.08. The smallest absolute Gasteiger partial charge is 0.222 e. The van der Waals surface area contributed by atoms with E-state index in [0.717, 1.165) is 19.5 Å². The Bertz CT molecular complexity index is 281. The molecule has 19 heavy (non-hydrogen) atoms. The molecule has 0 radical (unpaired) electrons. The van der Waals surface area contributed by atoms with Crippen molar-refractivity contribution >= 4 is 5.91 Å². The maximum atomic E-state index is 12.2. The maximum absolute atomic E-state index is 12.2. The summed E-state index contributed by atoms with van der Waals surface area (Å²) in [5.74, 6) is 1.18. The van der Waals surface area contributed by atoms with Crippen LogP contribution < -0.4 is 5.73 Å². The van der Waals surface area contributed by atoms with Crippen molar-refractivity contribution in [2.75, 3.05) is 33.7 Å². The SMILES string of the molecule is CC(C)C[C@H](CN)CC(=O)N(C)CC1CCCN1C. The minimum absolute atomic E-state index is 0.247. The average Bonchev–Trinajstić information content (AvgIpc) is 2.73. The van der Waals surface area contributed by atoms with Gasteiger partial charge in [-0.15, -0.1) is 0 Å². The van der Waals surface area contributed by atoms with Gasteiger partial charge in [0.1, 0.15) is 0 Å². The van der Waals surface area contributed by atoms with E-state index in [1.54, 1.807) is 0 Å². The zero-order valence-corrected chi connectivity index (χ0v) is 13.1. The van der Waals surface area contributed by atoms with Gasteiger partial charge in [0.2, 0.25) is 5.91 Å². The monoisotopic (exact) mass is 269 g/mol. The zero-order valence-electron chi connectivity index (χ0n) is 13.1. The van der Waals surface area contributed by atoms with E-state index >= 15 is 0 Å². The quantitative estimate of drug-likeness (QED) is 0.763. The molecule has 0 bridgehead atoms. The van der Waals surface area contributed by atoms with Crippen molar-refractivity contribution in [1.29, 1.82) is 0 Å². The van der Waals surface area contributed by atoms with E-state index in [9.17, 15) is 4.79 Å². The van der Waals surface area contributed by atoms with Gasteiger partial charge in [-0.1, -0.05) is 13.8 Å². The third-order valence-electron chi connectivity index (χ3n) is 4.18. The highest BCUT2D eigenvalue weighted by atomic mass is 16.2. The normalized spacial score (nSPS) is 21.9. The standard InChI is InChI=1S/C15H31N3O/c1-12(2)8-13(10-16)9-15(19)18(4)11-14-6-5-7-17(14)3/h12-14H,5-11,16H2,1-4H3/t13-,14?/m0/s1. The van der Waals surface area contributed by atoms with Gasteiger partial charge >= 0.3 is 0 Å². The molecule has 0 saturated carbocycles. The summed E-state index contributed by atoms with van der Waals surface area (Å²) in [5.41, 5.74) is 5.78. The van der Waals surface area contributed by atoms with Crippen LogP contribution in [0.25, 0.3) is 0 Å². The van der Waals surface area contributed by atoms with Crippen molar-refractivity contribution in [3.8, 4) is 0 Å². The highest BCUT2D eigenvalue weighted by molar-refractivity contribution is 5.76. The number of carbonyl (C=O) groups excluding carboxylic acids is 1. The number of hydrogen-bond acceptors (Lipinski definition) is 3. The van der Waals surface area contributed by atoms with Crippen LogP contribution in [0.3, 0.4) is 0 Å². The van der Waals surface area contributed by atoms with E-state index in [1.165, 1.54) is 12.8 Å². The highest BCUT2D eigenvalue weighted by Crippen LogP contribution is 2.18. The first-order valence-corrected chi connectivity index (χ1v) is 7.58. The third kappa shape index (κ3) is 5.49. The molecule has 1 heterocycles. The minimum Gasteiger partial charge on any atom is -0.344 e. The molecular formula is C15H31N3O. The topological polar surface area (TPSA) is 49.6 Å². The second-order valence-corrected chi connectivity index (χ2v) is 6.49. The summed E-state index contributed by atoms with van der Waals surface area (Å²) in [4.78, 5) is 16.5. The maximum Gasteiger partial charge on any atom is 0.222 e. The predicted octanol–water partition coefficient (Wildman–Crippen LogP) is 1.55. The molecule has 2 atom stereocenters. The lowest BCUT2D eigenvalue weighted by Crippen LogP contribution is -2.40. The third-order valence-corrected chi connectivity index (χ3v) is 4.18. The van der Waals surface area contributed by atoms with Gasteiger partial charge in [-0.05, 0) is 51.2 Å². The molecule has 1 aliphatic heterocycles. The molecule has 0 aliphatic carbocycles. The first-order chi connectivity index (χ1) is 8.93. The lowest BCUT2D eigenvalue weighted by atomic mass is 9.94. The Hall–Kier alpha value is -0.610. The van der Waals surface area contributed by atoms with Crippen molar-refractivity contribution in [2.45, 2.75) is 45.6 Å². The van der Waals surface area contributed by atoms with Gasteiger partial charge in [-0.3, -0.25) is 4.79 Å². The molecule has 0 aromatic rings. The van der Waals surface area contributed by atoms with Crippen molar-refractivity contribution in [1.82, 2.24) is 9.80 Å². The first-order valence-electron chi connectivity index (χ1n) is 7.58. The van der Waals surface area contributed by atoms with E-state index in [2.05, 4.69) is 25.8 Å². The minimum atomic E-state index is 0.247. The van der Waals surface area contributed by atoms with Crippen LogP contribution in [0.4, 0.5) is 0 Å². The Morgan fingerprint density at radius 3 is 2.63 bits per heavy atom. The molecule has 1 aliphatic rings. The van der Waals surface area contributed by atoms with Crippen molar-refractivity contribution in [2.24, 2.45) is 17.6 Å². The van der Waals surface area contributed by atoms with Crippen LogP contribution in [0.2, 0.25) is 0 Å². The van der Waals surface area contributed by atoms with E-state index in [0.29, 0.717) is 30.8 Å². The second-order valence-electron chi connectivity index (χ2n) is 6.49. The first kappa shape index (κ1) is 16.4. The molecule has 1 unspecified atom stereocenters. The van der Waals surface area contributed by atoms with Gasteiger partial charge in [0.25, 0.3) is 0 Å². The number of rotatable bonds is 7. The molecule has 0 aromatic carbocycles. The van der Waals surface area contributed by atoms with Gasteiger partial charge in [0, 0.05) is 26.1 Å². The van der Waals surface area contributed by atoms with Crippen LogP contribution in [-0.2, 0) is 4.79 Å². The van der Waals surface area contributed by atoms with Crippen LogP contribution in [0.15, 0.2) is 0 Å². The van der Waals surface area contributed by atoms with Gasteiger partial charge in [0.15, 0.2) is 0 Å². The summed E-state index contributed by atoms with van der Waals surface area (Å²) in [6.45, 7) is 7.00. The largest absolute Gasteiger partial charge is 0.344 e. The van der Waals surface area contributed by atoms with E-state index in [4.69, 9.17) is 5.73 Å². The average molecular weight is 269 g/mol. The number of nitrogens with zero attached hydrogens (tertiary/aromatic N) is 2. The number of likely N-dealkylation sites (N-methyl/N-ethyl adjacent to an activating group) is 2. The molecule has 1 saturated heterocycles. The second kappa shape index (κ2) is 7.85. The van der Waals surface area contributed by atoms with Gasteiger partial charge in [-0.25, -0.2) is 0 Å². The predicted molar refractivity (Wildman–Crippen MR) is 79.9 cm³/mol. The van der Waals surface area contributed by atoms with Crippen LogP contribution in [0, 0.1) is 11.8 Å². The Labute approximate surface area is 118 Å². The van der Waals surface area contributed by atoms with Gasteiger partial charge in [0.05, 0.1) is 0 Å². The van der Waals surface area contributed by atoms with Gasteiger partial charge in [-0.2, -0.15) is 0 Å². The molecule has 0 aromatic heterocycles. The number of amides is 1. The van der Waals surface area contributed by atoms with E-state index in [-0.39, 0.29) is 5.91 Å². The fourth-order valence-corrected chi connectivity index (χ4v) is 2.96. The number of carbonyl (C=O) groups is 1. The van der Waals surface area contributed by atoms with E-state index in [1.807, 2.05) is 11.9 Å². The number of nitrogens with two attached hydrogens (primary N) is 1. The molecule has 1 rings (SSSR count). The molecular weight excluding hydrogens is 238 g/mol.